The maximum absolute atomic E-state index is 12.9. The second-order valence-corrected chi connectivity index (χ2v) is 15.1. The molecule has 0 aliphatic carbocycles. The van der Waals surface area contributed by atoms with E-state index in [-0.39, 0.29) is 45.4 Å². The van der Waals surface area contributed by atoms with E-state index in [9.17, 15) is 54.8 Å². The molecule has 0 aliphatic rings. The Balaban J connectivity index is 0.000000299. The van der Waals surface area contributed by atoms with Crippen molar-refractivity contribution in [1.82, 2.24) is 10.3 Å². The van der Waals surface area contributed by atoms with Crippen molar-refractivity contribution in [3.05, 3.63) is 70.0 Å². The van der Waals surface area contributed by atoms with E-state index < -0.39 is 46.9 Å². The van der Waals surface area contributed by atoms with Crippen molar-refractivity contribution >= 4 is 75.4 Å². The van der Waals surface area contributed by atoms with Crippen molar-refractivity contribution in [2.24, 2.45) is 5.16 Å². The molecule has 4 N–H and O–H groups in total. The monoisotopic (exact) mass is 1070 g/mol. The highest BCUT2D eigenvalue weighted by molar-refractivity contribution is 9.09. The average Bonchev–Trinajstić information content (AvgIpc) is 3.83. The fraction of sp³-hybridized carbons (Fsp3) is 0.462. The van der Waals surface area contributed by atoms with Crippen LogP contribution in [0.15, 0.2) is 50.6 Å². The molecule has 5 rings (SSSR count). The summed E-state index contributed by atoms with van der Waals surface area (Å²) < 4.78 is 129. The van der Waals surface area contributed by atoms with Gasteiger partial charge < -0.3 is 34.3 Å². The van der Waals surface area contributed by atoms with Crippen LogP contribution in [0.4, 0.5) is 39.5 Å². The number of oxime groups is 1. The number of phenolic OH excluding ortho intramolecular Hbond substituents is 3. The van der Waals surface area contributed by atoms with Gasteiger partial charge >= 0.3 is 18.5 Å². The minimum absolute atomic E-state index is 0.000370. The molecule has 61 heavy (non-hydrogen) atoms. The Labute approximate surface area is 369 Å². The predicted molar refractivity (Wildman–Crippen MR) is 222 cm³/mol. The van der Waals surface area contributed by atoms with E-state index in [0.717, 1.165) is 41.0 Å². The standard InChI is InChI=1S/C14H15BrF3NO2.C11H12F3NO3.C11H10F3NO2.C3H6Br2/c1-2-4-9-11(20-8-3-7-15)6-5-10-12(9)21-19-13(10)14(16,17)18;1-2-3-6-8(16)5-4-7(9(6)17)10(15-18)11(12,13)14;1-2-3-6-8(16)5-4-7-9(6)17-15-10(7)11(12,13)14;4-2-1-3-5/h5-6H,2-4,7-8H2,1H3;4-5,16-18H,2-3H2,1H3;4-5,16H,2-3H2,1H3;1-3H2/b;15-10-;;. The number of benzene rings is 3. The molecule has 0 atom stereocenters. The number of ether oxygens (including phenoxy) is 1. The first-order chi connectivity index (χ1) is 28.7. The molecule has 0 spiro atoms. The van der Waals surface area contributed by atoms with Crippen molar-refractivity contribution in [2.75, 3.05) is 22.6 Å². The molecular weight excluding hydrogens is 1030 g/mol. The van der Waals surface area contributed by atoms with Gasteiger partial charge in [-0.3, -0.25) is 0 Å². The van der Waals surface area contributed by atoms with Gasteiger partial charge in [0.2, 0.25) is 0 Å². The van der Waals surface area contributed by atoms with Gasteiger partial charge in [0.25, 0.3) is 0 Å². The Bertz CT molecular complexity index is 2160. The highest BCUT2D eigenvalue weighted by atomic mass is 79.9. The summed E-state index contributed by atoms with van der Waals surface area (Å²) in [7, 11) is 0. The number of hydrogen-bond donors (Lipinski definition) is 4. The van der Waals surface area contributed by atoms with Gasteiger partial charge in [-0.1, -0.05) is 103 Å². The molecule has 10 nitrogen and oxygen atoms in total. The topological polar surface area (TPSA) is 155 Å². The molecule has 0 saturated carbocycles. The Morgan fingerprint density at radius 2 is 1.08 bits per heavy atom. The summed E-state index contributed by atoms with van der Waals surface area (Å²) in [6.45, 7) is 6.05. The molecule has 3 aromatic carbocycles. The lowest BCUT2D eigenvalue weighted by Gasteiger charge is -2.13. The molecule has 22 heteroatoms. The quantitative estimate of drug-likeness (QED) is 0.0225. The average molecular weight is 1080 g/mol. The van der Waals surface area contributed by atoms with Gasteiger partial charge in [-0.2, -0.15) is 39.5 Å². The molecule has 0 bridgehead atoms. The minimum Gasteiger partial charge on any atom is -0.508 e. The van der Waals surface area contributed by atoms with Crippen molar-refractivity contribution < 1.29 is 73.8 Å². The molecule has 0 radical (unpaired) electrons. The van der Waals surface area contributed by atoms with Crippen molar-refractivity contribution in [1.29, 1.82) is 0 Å². The number of hydrogen-bond acceptors (Lipinski definition) is 10. The maximum atomic E-state index is 12.9. The first-order valence-electron chi connectivity index (χ1n) is 18.5. The highest BCUT2D eigenvalue weighted by Crippen LogP contribution is 2.40. The van der Waals surface area contributed by atoms with Crippen LogP contribution in [-0.4, -0.2) is 65.3 Å². The van der Waals surface area contributed by atoms with Crippen LogP contribution in [0.5, 0.6) is 23.0 Å². The van der Waals surface area contributed by atoms with Gasteiger partial charge in [0, 0.05) is 32.7 Å². The SMILES string of the molecule is BrCCCBr.CCCc1c(O)ccc(/C(=N/O)C(F)(F)F)c1O.CCCc1c(O)ccc2c(C(F)(F)F)noc12.CCCc1c(OCCCBr)ccc2c(C(F)(F)F)noc12. The number of phenols is 3. The van der Waals surface area contributed by atoms with E-state index in [2.05, 4.69) is 63.3 Å². The van der Waals surface area contributed by atoms with Crippen LogP contribution >= 0.6 is 47.8 Å². The van der Waals surface area contributed by atoms with Gasteiger partial charge in [0.15, 0.2) is 28.3 Å². The molecule has 5 aromatic rings. The van der Waals surface area contributed by atoms with Crippen LogP contribution < -0.4 is 4.74 Å². The first kappa shape index (κ1) is 53.2. The van der Waals surface area contributed by atoms with E-state index in [4.69, 9.17) is 19.0 Å². The van der Waals surface area contributed by atoms with E-state index >= 15 is 0 Å². The molecular formula is C39H43Br3F9N3O7. The van der Waals surface area contributed by atoms with Gasteiger partial charge in [-0.25, -0.2) is 0 Å². The molecule has 0 amide bonds. The Morgan fingerprint density at radius 3 is 1.52 bits per heavy atom. The minimum atomic E-state index is -4.90. The van der Waals surface area contributed by atoms with Crippen LogP contribution in [0, 0.1) is 0 Å². The predicted octanol–water partition coefficient (Wildman–Crippen LogP) is 13.4. The summed E-state index contributed by atoms with van der Waals surface area (Å²) in [5.41, 5.74) is -3.10. The number of aryl methyl sites for hydroxylation is 2. The second kappa shape index (κ2) is 24.6. The molecule has 340 valence electrons. The fourth-order valence-electron chi connectivity index (χ4n) is 5.48. The summed E-state index contributed by atoms with van der Waals surface area (Å²) in [5.74, 6) is -0.515. The number of nitrogens with zero attached hydrogens (tertiary/aromatic N) is 3. The number of halogens is 12. The zero-order valence-electron chi connectivity index (χ0n) is 32.8. The number of aromatic hydroxyl groups is 3. The normalized spacial score (nSPS) is 12.0. The van der Waals surface area contributed by atoms with E-state index in [1.165, 1.54) is 24.6 Å². The van der Waals surface area contributed by atoms with Gasteiger partial charge in [0.1, 0.15) is 23.0 Å². The summed E-state index contributed by atoms with van der Waals surface area (Å²) in [4.78, 5) is 0. The molecule has 0 unspecified atom stereocenters. The van der Waals surface area contributed by atoms with E-state index in [0.29, 0.717) is 49.2 Å². The molecule has 0 saturated heterocycles. The summed E-state index contributed by atoms with van der Waals surface area (Å²) in [6.07, 6.45) is -8.71. The number of aromatic nitrogens is 2. The third-order valence-corrected chi connectivity index (χ3v) is 9.82. The van der Waals surface area contributed by atoms with Gasteiger partial charge in [0.05, 0.1) is 22.9 Å². The van der Waals surface area contributed by atoms with Crippen LogP contribution in [0.3, 0.4) is 0 Å². The fourth-order valence-corrected chi connectivity index (χ4v) is 7.02. The highest BCUT2D eigenvalue weighted by Gasteiger charge is 2.40. The zero-order valence-corrected chi connectivity index (χ0v) is 37.6. The number of rotatable bonds is 13. The molecule has 0 aliphatic heterocycles. The molecule has 2 heterocycles. The third-order valence-electron chi connectivity index (χ3n) is 8.14. The van der Waals surface area contributed by atoms with Gasteiger partial charge in [-0.15, -0.1) is 0 Å². The smallest absolute Gasteiger partial charge is 0.437 e. The molecule has 0 fully saturated rings. The largest absolute Gasteiger partial charge is 0.508 e. The summed E-state index contributed by atoms with van der Waals surface area (Å²) in [6, 6.07) is 7.21. The van der Waals surface area contributed by atoms with E-state index in [1.54, 1.807) is 13.0 Å². The van der Waals surface area contributed by atoms with Crippen LogP contribution in [-0.2, 0) is 31.6 Å². The Hall–Kier alpha value is -3.92. The first-order valence-corrected chi connectivity index (χ1v) is 21.8. The van der Waals surface area contributed by atoms with Crippen molar-refractivity contribution in [3.63, 3.8) is 0 Å². The van der Waals surface area contributed by atoms with Gasteiger partial charge in [-0.05, 0) is 68.5 Å². The summed E-state index contributed by atoms with van der Waals surface area (Å²) in [5, 5.41) is 48.5. The third kappa shape index (κ3) is 14.9. The van der Waals surface area contributed by atoms with Crippen molar-refractivity contribution in [3.8, 4) is 23.0 Å². The lowest BCUT2D eigenvalue weighted by atomic mass is 10.0. The number of fused-ring (bicyclic) bond motifs is 2. The molecule has 2 aromatic heterocycles. The van der Waals surface area contributed by atoms with Crippen molar-refractivity contribution in [2.45, 2.75) is 90.7 Å². The lowest BCUT2D eigenvalue weighted by molar-refractivity contribution is -0.142. The Kier molecular flexibility index (Phi) is 21.5. The summed E-state index contributed by atoms with van der Waals surface area (Å²) >= 11 is 9.86. The zero-order chi connectivity index (χ0) is 46.1. The lowest BCUT2D eigenvalue weighted by Crippen LogP contribution is -2.24. The maximum Gasteiger partial charge on any atom is 0.437 e. The second-order valence-electron chi connectivity index (χ2n) is 12.7. The van der Waals surface area contributed by atoms with Crippen LogP contribution in [0.1, 0.15) is 86.5 Å². The van der Waals surface area contributed by atoms with E-state index in [1.807, 2.05) is 13.8 Å². The van der Waals surface area contributed by atoms with Crippen LogP contribution in [0.2, 0.25) is 0 Å². The van der Waals surface area contributed by atoms with Crippen LogP contribution in [0.25, 0.3) is 21.9 Å². The number of alkyl halides is 12. The Morgan fingerprint density at radius 1 is 0.639 bits per heavy atom.